The van der Waals surface area contributed by atoms with Crippen molar-refractivity contribution in [2.24, 2.45) is 28.7 Å². The molecule has 0 aliphatic rings. The second-order valence-electron chi connectivity index (χ2n) is 12.4. The molecule has 0 saturated carbocycles. The Morgan fingerprint density at radius 2 is 1.54 bits per heavy atom. The van der Waals surface area contributed by atoms with Crippen LogP contribution in [-0.2, 0) is 23.9 Å². The molecule has 46 heavy (non-hydrogen) atoms. The van der Waals surface area contributed by atoms with Crippen molar-refractivity contribution in [1.29, 1.82) is 0 Å². The Hall–Kier alpha value is -3.13. The quantitative estimate of drug-likeness (QED) is 0.0843. The van der Waals surface area contributed by atoms with Gasteiger partial charge in [-0.05, 0) is 42.9 Å². The molecule has 14 heteroatoms. The van der Waals surface area contributed by atoms with Crippen molar-refractivity contribution in [1.82, 2.24) is 26.6 Å². The second-order valence-corrected chi connectivity index (χ2v) is 13.3. The number of aliphatic imine (C=N–C) groups is 1. The van der Waals surface area contributed by atoms with E-state index in [2.05, 4.69) is 31.6 Å². The third-order valence-electron chi connectivity index (χ3n) is 7.20. The summed E-state index contributed by atoms with van der Waals surface area (Å²) in [5.74, 6) is -2.14. The van der Waals surface area contributed by atoms with Gasteiger partial charge < -0.3 is 36.4 Å². The molecular weight excluding hydrogens is 612 g/mol. The fourth-order valence-corrected chi connectivity index (χ4v) is 4.66. The standard InChI is InChI=1S/C32H58N6O7S/c1-11-13-46-27(33-10)18-45-32(44)37-25(17-34-23(9)39)30(42)36-24(14-21(7)12-2)26(40)15-22(8)29(41)38-28(20(5)6)31(43)35-16-19(3)4/h11,13,19-22,24-26,28,40H,12,14-18H2,1-10H3,(H,34,39)(H,35,43)(H,36,42)(H,37,44)(H,38,41)/b13-11+,33-27?/t21?,22?,24-,25?,26?,28-/m0/s1. The van der Waals surface area contributed by atoms with Gasteiger partial charge in [-0.1, -0.05) is 72.7 Å². The van der Waals surface area contributed by atoms with Crippen molar-refractivity contribution in [3.8, 4) is 0 Å². The topological polar surface area (TPSA) is 187 Å². The second kappa shape index (κ2) is 23.2. The highest BCUT2D eigenvalue weighted by molar-refractivity contribution is 8.16. The minimum Gasteiger partial charge on any atom is -0.442 e. The van der Waals surface area contributed by atoms with Crippen molar-refractivity contribution < 1.29 is 33.8 Å². The maximum absolute atomic E-state index is 13.4. The first-order chi connectivity index (χ1) is 21.6. The number of hydrogen-bond acceptors (Lipinski definition) is 9. The van der Waals surface area contributed by atoms with E-state index in [1.165, 1.54) is 18.7 Å². The van der Waals surface area contributed by atoms with E-state index in [-0.39, 0.29) is 49.1 Å². The number of amides is 5. The molecule has 0 spiro atoms. The summed E-state index contributed by atoms with van der Waals surface area (Å²) in [4.78, 5) is 67.5. The van der Waals surface area contributed by atoms with Gasteiger partial charge in [-0.15, -0.1) is 0 Å². The van der Waals surface area contributed by atoms with Crippen molar-refractivity contribution in [2.75, 3.05) is 26.7 Å². The van der Waals surface area contributed by atoms with Gasteiger partial charge in [0.25, 0.3) is 0 Å². The number of aliphatic hydroxyl groups is 1. The summed E-state index contributed by atoms with van der Waals surface area (Å²) in [6, 6.07) is -2.70. The number of carbonyl (C=O) groups is 5. The molecule has 0 aliphatic heterocycles. The van der Waals surface area contributed by atoms with E-state index in [1.54, 1.807) is 19.4 Å². The van der Waals surface area contributed by atoms with Crippen molar-refractivity contribution in [3.05, 3.63) is 11.5 Å². The van der Waals surface area contributed by atoms with Gasteiger partial charge in [0, 0.05) is 33.0 Å². The molecule has 0 aliphatic carbocycles. The first kappa shape index (κ1) is 42.9. The van der Waals surface area contributed by atoms with Crippen LogP contribution in [0.1, 0.15) is 81.6 Å². The minimum atomic E-state index is -1.20. The SMILES string of the molecule is C/C=C/SC(COC(=O)NC(CNC(C)=O)C(=O)N[C@@H](CC(C)CC)C(O)CC(C)C(=O)N[C@H](C(=O)NCC(C)C)C(C)C)=NC. The molecule has 0 rings (SSSR count). The monoisotopic (exact) mass is 670 g/mol. The van der Waals surface area contributed by atoms with E-state index >= 15 is 0 Å². The summed E-state index contributed by atoms with van der Waals surface area (Å²) in [6.07, 6.45) is 1.01. The van der Waals surface area contributed by atoms with Crippen LogP contribution in [0.3, 0.4) is 0 Å². The Morgan fingerprint density at radius 1 is 0.891 bits per heavy atom. The molecule has 0 bridgehead atoms. The molecule has 0 radical (unpaired) electrons. The van der Waals surface area contributed by atoms with Crippen LogP contribution in [0.4, 0.5) is 4.79 Å². The zero-order valence-electron chi connectivity index (χ0n) is 29.3. The Labute approximate surface area is 279 Å². The minimum absolute atomic E-state index is 0.0144. The summed E-state index contributed by atoms with van der Waals surface area (Å²) >= 11 is 1.29. The highest BCUT2D eigenvalue weighted by atomic mass is 32.2. The number of rotatable bonds is 20. The number of nitrogens with zero attached hydrogens (tertiary/aromatic N) is 1. The number of aliphatic hydroxyl groups excluding tert-OH is 1. The van der Waals surface area contributed by atoms with Crippen LogP contribution in [0.15, 0.2) is 16.5 Å². The number of alkyl carbamates (subject to hydrolysis) is 1. The summed E-state index contributed by atoms with van der Waals surface area (Å²) in [6.45, 7) is 16.6. The van der Waals surface area contributed by atoms with E-state index in [0.717, 1.165) is 6.42 Å². The van der Waals surface area contributed by atoms with Gasteiger partial charge in [-0.2, -0.15) is 0 Å². The van der Waals surface area contributed by atoms with Gasteiger partial charge in [-0.25, -0.2) is 4.79 Å². The fourth-order valence-electron chi connectivity index (χ4n) is 4.14. The summed E-state index contributed by atoms with van der Waals surface area (Å²) < 4.78 is 5.23. The number of allylic oxidation sites excluding steroid dienone is 1. The van der Waals surface area contributed by atoms with Gasteiger partial charge in [0.05, 0.1) is 12.1 Å². The summed E-state index contributed by atoms with van der Waals surface area (Å²) in [5, 5.41) is 27.1. The summed E-state index contributed by atoms with van der Waals surface area (Å²) in [7, 11) is 1.57. The van der Waals surface area contributed by atoms with E-state index in [4.69, 9.17) is 4.74 Å². The Balaban J connectivity index is 5.68. The normalized spacial score (nSPS) is 15.8. The van der Waals surface area contributed by atoms with Crippen molar-refractivity contribution in [3.63, 3.8) is 0 Å². The van der Waals surface area contributed by atoms with E-state index in [0.29, 0.717) is 18.0 Å². The molecule has 0 fully saturated rings. The molecule has 4 unspecified atom stereocenters. The van der Waals surface area contributed by atoms with Crippen LogP contribution in [-0.4, -0.2) is 90.8 Å². The molecule has 0 aromatic rings. The first-order valence-electron chi connectivity index (χ1n) is 16.0. The van der Waals surface area contributed by atoms with E-state index in [9.17, 15) is 29.1 Å². The largest absolute Gasteiger partial charge is 0.442 e. The van der Waals surface area contributed by atoms with Crippen LogP contribution >= 0.6 is 11.8 Å². The lowest BCUT2D eigenvalue weighted by Gasteiger charge is -2.30. The lowest BCUT2D eigenvalue weighted by molar-refractivity contribution is -0.132. The zero-order valence-corrected chi connectivity index (χ0v) is 30.1. The van der Waals surface area contributed by atoms with Gasteiger partial charge in [0.15, 0.2) is 0 Å². The molecule has 0 saturated heterocycles. The van der Waals surface area contributed by atoms with Crippen molar-refractivity contribution >= 4 is 46.5 Å². The Morgan fingerprint density at radius 3 is 2.07 bits per heavy atom. The van der Waals surface area contributed by atoms with Crippen molar-refractivity contribution in [2.45, 2.75) is 106 Å². The highest BCUT2D eigenvalue weighted by Gasteiger charge is 2.32. The predicted octanol–water partition coefficient (Wildman–Crippen LogP) is 2.73. The molecule has 0 aromatic heterocycles. The third-order valence-corrected chi connectivity index (χ3v) is 8.18. The number of ether oxygens (including phenoxy) is 1. The molecule has 13 nitrogen and oxygen atoms in total. The lowest BCUT2D eigenvalue weighted by atomic mass is 9.90. The molecule has 264 valence electrons. The molecule has 0 heterocycles. The summed E-state index contributed by atoms with van der Waals surface area (Å²) in [5.41, 5.74) is 0. The average molecular weight is 671 g/mol. The van der Waals surface area contributed by atoms with Gasteiger partial charge in [0.2, 0.25) is 23.6 Å². The molecule has 0 aromatic carbocycles. The number of thioether (sulfide) groups is 1. The molecular formula is C32H58N6O7S. The van der Waals surface area contributed by atoms with Gasteiger partial charge in [-0.3, -0.25) is 24.2 Å². The maximum Gasteiger partial charge on any atom is 0.408 e. The number of nitrogens with one attached hydrogen (secondary N) is 5. The predicted molar refractivity (Wildman–Crippen MR) is 183 cm³/mol. The highest BCUT2D eigenvalue weighted by Crippen LogP contribution is 2.18. The van der Waals surface area contributed by atoms with Gasteiger partial charge >= 0.3 is 6.09 Å². The Bertz CT molecular complexity index is 1040. The van der Waals surface area contributed by atoms with Crippen LogP contribution in [0.2, 0.25) is 0 Å². The average Bonchev–Trinajstić information content (AvgIpc) is 2.99. The zero-order chi connectivity index (χ0) is 35.4. The Kier molecular flexibility index (Phi) is 21.6. The number of hydrogen-bond donors (Lipinski definition) is 6. The fraction of sp³-hybridized carbons (Fsp3) is 0.750. The maximum atomic E-state index is 13.4. The lowest BCUT2D eigenvalue weighted by Crippen LogP contribution is -2.57. The van der Waals surface area contributed by atoms with E-state index in [1.807, 2.05) is 54.5 Å². The van der Waals surface area contributed by atoms with Crippen LogP contribution in [0, 0.1) is 23.7 Å². The van der Waals surface area contributed by atoms with Crippen LogP contribution in [0.5, 0.6) is 0 Å². The van der Waals surface area contributed by atoms with Crippen LogP contribution in [0.25, 0.3) is 0 Å². The van der Waals surface area contributed by atoms with Crippen LogP contribution < -0.4 is 26.6 Å². The molecule has 5 amide bonds. The smallest absolute Gasteiger partial charge is 0.408 e. The third kappa shape index (κ3) is 18.1. The van der Waals surface area contributed by atoms with Gasteiger partial charge in [0.1, 0.15) is 23.7 Å². The molecule has 6 N–H and O–H groups in total. The molecule has 6 atom stereocenters. The number of carbonyl (C=O) groups excluding carboxylic acids is 5. The van der Waals surface area contributed by atoms with E-state index < -0.39 is 48.1 Å². The first-order valence-corrected chi connectivity index (χ1v) is 16.9.